The molecule has 0 spiro atoms. The van der Waals surface area contributed by atoms with Gasteiger partial charge in [0.1, 0.15) is 0 Å². The number of rotatable bonds is 9. The summed E-state index contributed by atoms with van der Waals surface area (Å²) >= 11 is 1.77. The van der Waals surface area contributed by atoms with Crippen LogP contribution in [-0.4, -0.2) is 44.2 Å². The van der Waals surface area contributed by atoms with Crippen molar-refractivity contribution in [1.29, 1.82) is 0 Å². The summed E-state index contributed by atoms with van der Waals surface area (Å²) in [6, 6.07) is 11.9. The van der Waals surface area contributed by atoms with Gasteiger partial charge in [-0.25, -0.2) is 4.99 Å². The third-order valence-electron chi connectivity index (χ3n) is 4.71. The van der Waals surface area contributed by atoms with Crippen molar-refractivity contribution in [2.45, 2.75) is 38.8 Å². The molecule has 1 aromatic carbocycles. The fourth-order valence-corrected chi connectivity index (χ4v) is 3.90. The number of thiophene rings is 1. The van der Waals surface area contributed by atoms with E-state index in [0.717, 1.165) is 50.5 Å². The van der Waals surface area contributed by atoms with E-state index < -0.39 is 0 Å². The normalized spacial score (nSPS) is 16.0. The number of nitrogens with one attached hydrogen (secondary N) is 3. The molecular formula is C22H31IN4O2S. The highest BCUT2D eigenvalue weighted by Crippen LogP contribution is 2.12. The fraction of sp³-hybridized carbons (Fsp3) is 0.455. The Kier molecular flexibility index (Phi) is 11.2. The van der Waals surface area contributed by atoms with E-state index in [9.17, 15) is 4.79 Å². The number of hydrogen-bond donors (Lipinski definition) is 3. The first kappa shape index (κ1) is 24.6. The first-order valence-corrected chi connectivity index (χ1v) is 11.2. The summed E-state index contributed by atoms with van der Waals surface area (Å²) in [4.78, 5) is 18.4. The van der Waals surface area contributed by atoms with Crippen LogP contribution in [0.15, 0.2) is 46.8 Å². The predicted octanol–water partition coefficient (Wildman–Crippen LogP) is 3.57. The average molecular weight is 542 g/mol. The minimum Gasteiger partial charge on any atom is -0.376 e. The van der Waals surface area contributed by atoms with Crippen molar-refractivity contribution < 1.29 is 9.53 Å². The van der Waals surface area contributed by atoms with Crippen LogP contribution in [0.4, 0.5) is 0 Å². The first-order valence-electron chi connectivity index (χ1n) is 10.3. The molecule has 0 bridgehead atoms. The van der Waals surface area contributed by atoms with Crippen molar-refractivity contribution in [3.63, 3.8) is 0 Å². The van der Waals surface area contributed by atoms with Gasteiger partial charge in [0.15, 0.2) is 5.96 Å². The molecule has 1 aromatic heterocycles. The highest BCUT2D eigenvalue weighted by Gasteiger charge is 2.16. The van der Waals surface area contributed by atoms with E-state index in [1.807, 2.05) is 24.3 Å². The van der Waals surface area contributed by atoms with Crippen LogP contribution in [0.5, 0.6) is 0 Å². The lowest BCUT2D eigenvalue weighted by Gasteiger charge is -2.12. The molecule has 8 heteroatoms. The maximum absolute atomic E-state index is 12.4. The molecule has 1 saturated heterocycles. The van der Waals surface area contributed by atoms with E-state index in [2.05, 4.69) is 45.4 Å². The van der Waals surface area contributed by atoms with Crippen molar-refractivity contribution in [3.8, 4) is 0 Å². The monoisotopic (exact) mass is 542 g/mol. The van der Waals surface area contributed by atoms with E-state index >= 15 is 0 Å². The van der Waals surface area contributed by atoms with E-state index in [1.165, 1.54) is 4.88 Å². The lowest BCUT2D eigenvalue weighted by Crippen LogP contribution is -2.38. The van der Waals surface area contributed by atoms with Gasteiger partial charge in [-0.15, -0.1) is 35.3 Å². The molecule has 2 aromatic rings. The Hall–Kier alpha value is -1.65. The molecule has 1 unspecified atom stereocenters. The Morgan fingerprint density at radius 2 is 2.13 bits per heavy atom. The van der Waals surface area contributed by atoms with E-state index in [1.54, 1.807) is 11.3 Å². The van der Waals surface area contributed by atoms with Crippen LogP contribution < -0.4 is 16.0 Å². The molecule has 1 fully saturated rings. The largest absolute Gasteiger partial charge is 0.376 e. The molecule has 30 heavy (non-hydrogen) atoms. The van der Waals surface area contributed by atoms with Crippen LogP contribution >= 0.6 is 35.3 Å². The van der Waals surface area contributed by atoms with Crippen molar-refractivity contribution in [2.24, 2.45) is 4.99 Å². The van der Waals surface area contributed by atoms with Gasteiger partial charge >= 0.3 is 0 Å². The van der Waals surface area contributed by atoms with Crippen molar-refractivity contribution in [2.75, 3.05) is 26.2 Å². The number of hydrogen-bond acceptors (Lipinski definition) is 4. The third-order valence-corrected chi connectivity index (χ3v) is 5.65. The van der Waals surface area contributed by atoms with Gasteiger partial charge < -0.3 is 20.7 Å². The second kappa shape index (κ2) is 13.6. The Bertz CT molecular complexity index is 792. The number of nitrogens with zero attached hydrogens (tertiary/aromatic N) is 1. The summed E-state index contributed by atoms with van der Waals surface area (Å²) in [5.41, 5.74) is 1.66. The molecule has 1 aliphatic heterocycles. The van der Waals surface area contributed by atoms with Gasteiger partial charge in [0.2, 0.25) is 0 Å². The SMILES string of the molecule is CCNC(=NCc1cccc(C(=O)NCC2CCCO2)c1)NCCc1cccs1.I. The summed E-state index contributed by atoms with van der Waals surface area (Å²) in [6.07, 6.45) is 3.21. The van der Waals surface area contributed by atoms with Crippen LogP contribution in [0, 0.1) is 0 Å². The van der Waals surface area contributed by atoms with Crippen LogP contribution in [0.1, 0.15) is 40.6 Å². The molecule has 1 aliphatic rings. The molecule has 2 heterocycles. The lowest BCUT2D eigenvalue weighted by molar-refractivity contribution is 0.0857. The topological polar surface area (TPSA) is 74.8 Å². The number of aliphatic imine (C=N–C) groups is 1. The van der Waals surface area contributed by atoms with Crippen LogP contribution in [-0.2, 0) is 17.7 Å². The Morgan fingerprint density at radius 1 is 1.23 bits per heavy atom. The summed E-state index contributed by atoms with van der Waals surface area (Å²) in [5, 5.41) is 11.7. The fourth-order valence-electron chi connectivity index (χ4n) is 3.20. The van der Waals surface area contributed by atoms with Gasteiger partial charge in [0.05, 0.1) is 12.6 Å². The number of carbonyl (C=O) groups is 1. The average Bonchev–Trinajstić information content (AvgIpc) is 3.44. The zero-order valence-corrected chi connectivity index (χ0v) is 20.5. The molecule has 1 atom stereocenters. The number of carbonyl (C=O) groups excluding carboxylic acids is 1. The van der Waals surface area contributed by atoms with Gasteiger partial charge in [0, 0.05) is 36.7 Å². The Morgan fingerprint density at radius 3 is 2.87 bits per heavy atom. The van der Waals surface area contributed by atoms with Gasteiger partial charge in [-0.3, -0.25) is 4.79 Å². The summed E-state index contributed by atoms with van der Waals surface area (Å²) in [7, 11) is 0. The van der Waals surface area contributed by atoms with Crippen molar-refractivity contribution in [3.05, 3.63) is 57.8 Å². The molecule has 0 saturated carbocycles. The van der Waals surface area contributed by atoms with Crippen molar-refractivity contribution >= 4 is 47.2 Å². The smallest absolute Gasteiger partial charge is 0.251 e. The maximum atomic E-state index is 12.4. The number of benzene rings is 1. The number of halogens is 1. The molecule has 3 rings (SSSR count). The second-order valence-corrected chi connectivity index (χ2v) is 8.03. The highest BCUT2D eigenvalue weighted by atomic mass is 127. The Balaban J connectivity index is 0.00000320. The number of guanidine groups is 1. The van der Waals surface area contributed by atoms with E-state index in [0.29, 0.717) is 18.7 Å². The number of amides is 1. The van der Waals surface area contributed by atoms with Crippen molar-refractivity contribution in [1.82, 2.24) is 16.0 Å². The third kappa shape index (κ3) is 8.23. The van der Waals surface area contributed by atoms with Crippen LogP contribution in [0.2, 0.25) is 0 Å². The predicted molar refractivity (Wildman–Crippen MR) is 134 cm³/mol. The summed E-state index contributed by atoms with van der Waals surface area (Å²) in [5.74, 6) is 0.726. The zero-order chi connectivity index (χ0) is 20.3. The second-order valence-electron chi connectivity index (χ2n) is 7.00. The molecule has 0 radical (unpaired) electrons. The molecule has 0 aliphatic carbocycles. The van der Waals surface area contributed by atoms with E-state index in [-0.39, 0.29) is 36.0 Å². The minimum atomic E-state index is -0.0627. The molecule has 6 nitrogen and oxygen atoms in total. The van der Waals surface area contributed by atoms with Crippen LogP contribution in [0.3, 0.4) is 0 Å². The number of ether oxygens (including phenoxy) is 1. The first-order chi connectivity index (χ1) is 14.2. The molecule has 164 valence electrons. The quantitative estimate of drug-likeness (QED) is 0.258. The molecular weight excluding hydrogens is 511 g/mol. The van der Waals surface area contributed by atoms with Gasteiger partial charge in [-0.2, -0.15) is 0 Å². The van der Waals surface area contributed by atoms with Gasteiger partial charge in [-0.1, -0.05) is 18.2 Å². The molecule has 1 amide bonds. The summed E-state index contributed by atoms with van der Waals surface area (Å²) < 4.78 is 5.56. The standard InChI is InChI=1S/C22H30N4O2S.HI/c1-2-23-22(24-11-10-20-9-5-13-29-20)26-15-17-6-3-7-18(14-17)21(27)25-16-19-8-4-12-28-19;/h3,5-7,9,13-14,19H,2,4,8,10-12,15-16H2,1H3,(H,25,27)(H2,23,24,26);1H. The maximum Gasteiger partial charge on any atom is 0.251 e. The van der Waals surface area contributed by atoms with Gasteiger partial charge in [-0.05, 0) is 55.3 Å². The van der Waals surface area contributed by atoms with Crippen LogP contribution in [0.25, 0.3) is 0 Å². The molecule has 3 N–H and O–H groups in total. The zero-order valence-electron chi connectivity index (χ0n) is 17.4. The van der Waals surface area contributed by atoms with E-state index in [4.69, 9.17) is 4.74 Å². The minimum absolute atomic E-state index is 0. The lowest BCUT2D eigenvalue weighted by atomic mass is 10.1. The highest BCUT2D eigenvalue weighted by molar-refractivity contribution is 14.0. The Labute approximate surface area is 199 Å². The van der Waals surface area contributed by atoms with Gasteiger partial charge in [0.25, 0.3) is 5.91 Å². The summed E-state index contributed by atoms with van der Waals surface area (Å²) in [6.45, 7) is 5.56.